The Hall–Kier alpha value is -2.04. The van der Waals surface area contributed by atoms with E-state index in [0.717, 1.165) is 0 Å². The zero-order valence-corrected chi connectivity index (χ0v) is 9.94. The molecule has 0 aliphatic carbocycles. The van der Waals surface area contributed by atoms with Crippen LogP contribution in [-0.4, -0.2) is 31.5 Å². The van der Waals surface area contributed by atoms with Crippen molar-refractivity contribution in [3.8, 4) is 0 Å². The monoisotopic (exact) mass is 238 g/mol. The Labute approximate surface area is 101 Å². The van der Waals surface area contributed by atoms with Gasteiger partial charge in [0.25, 0.3) is 5.91 Å². The van der Waals surface area contributed by atoms with Crippen LogP contribution in [0, 0.1) is 0 Å². The second-order valence-electron chi connectivity index (χ2n) is 3.11. The first-order valence-corrected chi connectivity index (χ1v) is 5.16. The largest absolute Gasteiger partial charge is 0.492 e. The van der Waals surface area contributed by atoms with E-state index in [1.165, 1.54) is 13.3 Å². The first kappa shape index (κ1) is 15.0. The van der Waals surface area contributed by atoms with Gasteiger partial charge in [-0.15, -0.1) is 0 Å². The molecule has 94 valence electrons. The number of hydrogen-bond acceptors (Lipinski definition) is 3. The maximum absolute atomic E-state index is 11.5. The highest BCUT2D eigenvalue weighted by Crippen LogP contribution is 1.95. The molecule has 0 unspecified atom stereocenters. The number of allylic oxidation sites excluding steroid dienone is 2. The molecule has 1 atom stereocenters. The second-order valence-corrected chi connectivity index (χ2v) is 3.11. The smallest absolute Gasteiger partial charge is 0.258 e. The van der Waals surface area contributed by atoms with Crippen LogP contribution in [0.5, 0.6) is 0 Å². The van der Waals surface area contributed by atoms with Crippen molar-refractivity contribution in [3.63, 3.8) is 0 Å². The summed E-state index contributed by atoms with van der Waals surface area (Å²) in [6.07, 6.45) is 6.63. The third-order valence-corrected chi connectivity index (χ3v) is 1.87. The molecule has 2 amide bonds. The van der Waals surface area contributed by atoms with Crippen LogP contribution in [0.1, 0.15) is 6.42 Å². The van der Waals surface area contributed by atoms with Gasteiger partial charge in [0.1, 0.15) is 6.04 Å². The van der Waals surface area contributed by atoms with Crippen molar-refractivity contribution in [2.75, 3.05) is 13.7 Å². The lowest BCUT2D eigenvalue weighted by atomic mass is 10.2. The molecule has 0 aromatic carbocycles. The van der Waals surface area contributed by atoms with E-state index < -0.39 is 6.04 Å². The molecule has 0 fully saturated rings. The maximum atomic E-state index is 11.5. The molecule has 0 saturated heterocycles. The van der Waals surface area contributed by atoms with Crippen LogP contribution in [0.25, 0.3) is 0 Å². The molecule has 0 heterocycles. The maximum Gasteiger partial charge on any atom is 0.258 e. The van der Waals surface area contributed by atoms with Crippen molar-refractivity contribution in [2.24, 2.45) is 0 Å². The average molecular weight is 238 g/mol. The van der Waals surface area contributed by atoms with Gasteiger partial charge >= 0.3 is 0 Å². The van der Waals surface area contributed by atoms with Crippen LogP contribution in [0.15, 0.2) is 37.6 Å². The van der Waals surface area contributed by atoms with Gasteiger partial charge in [-0.25, -0.2) is 0 Å². The van der Waals surface area contributed by atoms with Crippen molar-refractivity contribution >= 4 is 11.8 Å². The predicted molar refractivity (Wildman–Crippen MR) is 66.1 cm³/mol. The molecule has 17 heavy (non-hydrogen) atoms. The molecule has 0 aromatic heterocycles. The van der Waals surface area contributed by atoms with E-state index in [9.17, 15) is 9.59 Å². The topological polar surface area (TPSA) is 67.4 Å². The van der Waals surface area contributed by atoms with Gasteiger partial charge in [-0.2, -0.15) is 0 Å². The number of ether oxygens (including phenoxy) is 1. The summed E-state index contributed by atoms with van der Waals surface area (Å²) in [5.74, 6) is -0.629. The van der Waals surface area contributed by atoms with Crippen molar-refractivity contribution < 1.29 is 14.3 Å². The minimum Gasteiger partial charge on any atom is -0.492 e. The van der Waals surface area contributed by atoms with Crippen molar-refractivity contribution in [3.05, 3.63) is 37.6 Å². The minimum atomic E-state index is -0.614. The molecule has 5 nitrogen and oxygen atoms in total. The molecule has 0 spiro atoms. The first-order chi connectivity index (χ1) is 8.15. The molecular weight excluding hydrogens is 220 g/mol. The lowest BCUT2D eigenvalue weighted by Gasteiger charge is -2.15. The molecule has 0 radical (unpaired) electrons. The summed E-state index contributed by atoms with van der Waals surface area (Å²) >= 11 is 0. The van der Waals surface area contributed by atoms with Crippen molar-refractivity contribution in [2.45, 2.75) is 12.5 Å². The summed E-state index contributed by atoms with van der Waals surface area (Å²) in [5, 5.41) is 5.03. The van der Waals surface area contributed by atoms with Gasteiger partial charge in [-0.3, -0.25) is 9.59 Å². The Morgan fingerprint density at radius 1 is 1.41 bits per heavy atom. The molecule has 0 aliphatic rings. The molecule has 0 saturated carbocycles. The Balaban J connectivity index is 4.31. The number of carbonyl (C=O) groups is 2. The highest BCUT2D eigenvalue weighted by molar-refractivity contribution is 5.88. The van der Waals surface area contributed by atoms with E-state index in [0.29, 0.717) is 6.42 Å². The molecule has 0 rings (SSSR count). The summed E-state index contributed by atoms with van der Waals surface area (Å²) in [6, 6.07) is -0.614. The lowest BCUT2D eigenvalue weighted by Crippen LogP contribution is -2.46. The fraction of sp³-hybridized carbons (Fsp3) is 0.333. The Morgan fingerprint density at radius 2 is 2.12 bits per heavy atom. The molecular formula is C12H18N2O3. The third-order valence-electron chi connectivity index (χ3n) is 1.87. The standard InChI is InChI=1S/C12H18N2O3/c1-4-6-7-8-10(12(16)13-3)14-11(15)9-17-5-2/h4-7,10H,1-2,8-9H2,3H3,(H,13,16)(H,14,15)/b7-6+/t10-/m0/s1. The van der Waals surface area contributed by atoms with E-state index in [-0.39, 0.29) is 18.4 Å². The lowest BCUT2D eigenvalue weighted by molar-refractivity contribution is -0.130. The minimum absolute atomic E-state index is 0.151. The Morgan fingerprint density at radius 3 is 2.65 bits per heavy atom. The fourth-order valence-corrected chi connectivity index (χ4v) is 1.09. The van der Waals surface area contributed by atoms with E-state index in [1.807, 2.05) is 0 Å². The number of likely N-dealkylation sites (N-methyl/N-ethyl adjacent to an activating group) is 1. The van der Waals surface area contributed by atoms with Crippen molar-refractivity contribution in [1.82, 2.24) is 10.6 Å². The van der Waals surface area contributed by atoms with Crippen LogP contribution in [0.2, 0.25) is 0 Å². The van der Waals surface area contributed by atoms with E-state index >= 15 is 0 Å². The molecule has 5 heteroatoms. The van der Waals surface area contributed by atoms with Gasteiger partial charge in [0.2, 0.25) is 5.91 Å². The summed E-state index contributed by atoms with van der Waals surface area (Å²) in [6.45, 7) is 6.69. The zero-order chi connectivity index (χ0) is 13.1. The zero-order valence-electron chi connectivity index (χ0n) is 9.94. The van der Waals surface area contributed by atoms with Crippen LogP contribution in [0.3, 0.4) is 0 Å². The van der Waals surface area contributed by atoms with Crippen LogP contribution in [-0.2, 0) is 14.3 Å². The number of rotatable bonds is 8. The third kappa shape index (κ3) is 6.94. The fourth-order valence-electron chi connectivity index (χ4n) is 1.09. The van der Waals surface area contributed by atoms with E-state index in [2.05, 4.69) is 23.8 Å². The first-order valence-electron chi connectivity index (χ1n) is 5.16. The Kier molecular flexibility index (Phi) is 8.10. The SMILES string of the molecule is C=C/C=C/C[C@H](NC(=O)COC=C)C(=O)NC. The normalized spacial score (nSPS) is 11.6. The molecule has 2 N–H and O–H groups in total. The highest BCUT2D eigenvalue weighted by atomic mass is 16.5. The number of hydrogen-bond donors (Lipinski definition) is 2. The van der Waals surface area contributed by atoms with Gasteiger partial charge in [0, 0.05) is 7.05 Å². The summed E-state index contributed by atoms with van der Waals surface area (Å²) in [7, 11) is 1.51. The summed E-state index contributed by atoms with van der Waals surface area (Å²) in [4.78, 5) is 22.8. The molecule has 0 bridgehead atoms. The average Bonchev–Trinajstić information content (AvgIpc) is 2.34. The van der Waals surface area contributed by atoms with Gasteiger partial charge in [-0.1, -0.05) is 31.4 Å². The van der Waals surface area contributed by atoms with Gasteiger partial charge in [0.05, 0.1) is 6.26 Å². The predicted octanol–water partition coefficient (Wildman–Crippen LogP) is 0.510. The second kappa shape index (κ2) is 9.21. The molecule has 0 aromatic rings. The summed E-state index contributed by atoms with van der Waals surface area (Å²) in [5.41, 5.74) is 0. The molecule has 0 aliphatic heterocycles. The highest BCUT2D eigenvalue weighted by Gasteiger charge is 2.17. The van der Waals surface area contributed by atoms with Crippen LogP contribution >= 0.6 is 0 Å². The van der Waals surface area contributed by atoms with Gasteiger partial charge in [-0.05, 0) is 6.42 Å². The van der Waals surface area contributed by atoms with Gasteiger partial charge < -0.3 is 15.4 Å². The number of nitrogens with one attached hydrogen (secondary N) is 2. The Bertz CT molecular complexity index is 311. The number of carbonyl (C=O) groups excluding carboxylic acids is 2. The van der Waals surface area contributed by atoms with Crippen LogP contribution in [0.4, 0.5) is 0 Å². The summed E-state index contributed by atoms with van der Waals surface area (Å²) < 4.78 is 4.72. The van der Waals surface area contributed by atoms with Crippen LogP contribution < -0.4 is 10.6 Å². The van der Waals surface area contributed by atoms with Gasteiger partial charge in [0.15, 0.2) is 6.61 Å². The number of amides is 2. The van der Waals surface area contributed by atoms with E-state index in [1.54, 1.807) is 18.2 Å². The van der Waals surface area contributed by atoms with E-state index in [4.69, 9.17) is 4.74 Å². The quantitative estimate of drug-likeness (QED) is 0.478. The van der Waals surface area contributed by atoms with Crippen molar-refractivity contribution in [1.29, 1.82) is 0 Å².